The Morgan fingerprint density at radius 3 is 2.78 bits per heavy atom. The summed E-state index contributed by atoms with van der Waals surface area (Å²) in [5.74, 6) is 0.465. The van der Waals surface area contributed by atoms with Crippen molar-refractivity contribution in [2.45, 2.75) is 12.5 Å². The lowest BCUT2D eigenvalue weighted by Crippen LogP contribution is -2.40. The third-order valence-electron chi connectivity index (χ3n) is 3.65. The minimum atomic E-state index is -0.255. The summed E-state index contributed by atoms with van der Waals surface area (Å²) in [5, 5.41) is 4.00. The van der Waals surface area contributed by atoms with Gasteiger partial charge in [-0.15, -0.1) is 0 Å². The van der Waals surface area contributed by atoms with Gasteiger partial charge < -0.3 is 10.1 Å². The first-order valence-corrected chi connectivity index (χ1v) is 6.56. The molecule has 2 unspecified atom stereocenters. The zero-order chi connectivity index (χ0) is 12.5. The molecular formula is C13H15ClN2O2. The molecule has 18 heavy (non-hydrogen) atoms. The lowest BCUT2D eigenvalue weighted by molar-refractivity contribution is 0.176. The fourth-order valence-electron chi connectivity index (χ4n) is 2.69. The van der Waals surface area contributed by atoms with Crippen LogP contribution in [0.4, 0.5) is 10.5 Å². The highest BCUT2D eigenvalue weighted by Gasteiger charge is 2.40. The van der Waals surface area contributed by atoms with Gasteiger partial charge in [-0.05, 0) is 43.1 Å². The van der Waals surface area contributed by atoms with E-state index in [1.54, 1.807) is 17.0 Å². The Labute approximate surface area is 111 Å². The van der Waals surface area contributed by atoms with Crippen LogP contribution in [0.15, 0.2) is 24.3 Å². The second-order valence-corrected chi connectivity index (χ2v) is 5.18. The Bertz CT molecular complexity index is 443. The molecule has 0 aromatic heterocycles. The number of nitrogens with zero attached hydrogens (tertiary/aromatic N) is 1. The standard InChI is InChI=1S/C13H15ClN2O2/c14-10-1-3-11(4-2-10)16-12(8-18-13(16)17)9-5-6-15-7-9/h1-4,9,12,15H,5-8H2. The van der Waals surface area contributed by atoms with E-state index < -0.39 is 0 Å². The van der Waals surface area contributed by atoms with E-state index in [1.165, 1.54) is 0 Å². The number of carbonyl (C=O) groups excluding carboxylic acids is 1. The molecule has 5 heteroatoms. The summed E-state index contributed by atoms with van der Waals surface area (Å²) in [6.45, 7) is 2.45. The molecule has 0 saturated carbocycles. The van der Waals surface area contributed by atoms with Crippen LogP contribution in [0.2, 0.25) is 5.02 Å². The van der Waals surface area contributed by atoms with Crippen LogP contribution in [0.5, 0.6) is 0 Å². The molecular weight excluding hydrogens is 252 g/mol. The SMILES string of the molecule is O=C1OCC(C2CCNC2)N1c1ccc(Cl)cc1. The Kier molecular flexibility index (Phi) is 3.14. The third-order valence-corrected chi connectivity index (χ3v) is 3.91. The zero-order valence-corrected chi connectivity index (χ0v) is 10.7. The van der Waals surface area contributed by atoms with E-state index in [2.05, 4.69) is 5.32 Å². The molecule has 2 heterocycles. The van der Waals surface area contributed by atoms with E-state index in [1.807, 2.05) is 12.1 Å². The number of ether oxygens (including phenoxy) is 1. The Balaban J connectivity index is 1.86. The fourth-order valence-corrected chi connectivity index (χ4v) is 2.81. The number of nitrogens with one attached hydrogen (secondary N) is 1. The number of hydrogen-bond donors (Lipinski definition) is 1. The van der Waals surface area contributed by atoms with Crippen LogP contribution in [0.25, 0.3) is 0 Å². The van der Waals surface area contributed by atoms with Gasteiger partial charge in [0.1, 0.15) is 6.61 Å². The molecule has 0 bridgehead atoms. The van der Waals surface area contributed by atoms with E-state index in [9.17, 15) is 4.79 Å². The maximum atomic E-state index is 11.9. The summed E-state index contributed by atoms with van der Waals surface area (Å²) >= 11 is 5.87. The van der Waals surface area contributed by atoms with Gasteiger partial charge in [0, 0.05) is 17.3 Å². The number of benzene rings is 1. The molecule has 96 valence electrons. The fraction of sp³-hybridized carbons (Fsp3) is 0.462. The van der Waals surface area contributed by atoms with Crippen LogP contribution in [0.3, 0.4) is 0 Å². The van der Waals surface area contributed by atoms with Crippen LogP contribution in [-0.2, 0) is 4.74 Å². The number of halogens is 1. The van der Waals surface area contributed by atoms with Gasteiger partial charge in [-0.1, -0.05) is 11.6 Å². The zero-order valence-electron chi connectivity index (χ0n) is 9.93. The number of rotatable bonds is 2. The van der Waals surface area contributed by atoms with Crippen molar-refractivity contribution < 1.29 is 9.53 Å². The topological polar surface area (TPSA) is 41.6 Å². The first kappa shape index (κ1) is 11.8. The quantitative estimate of drug-likeness (QED) is 0.893. The van der Waals surface area contributed by atoms with E-state index in [0.29, 0.717) is 17.5 Å². The highest BCUT2D eigenvalue weighted by atomic mass is 35.5. The van der Waals surface area contributed by atoms with Gasteiger partial charge in [-0.2, -0.15) is 0 Å². The van der Waals surface area contributed by atoms with Crippen LogP contribution in [-0.4, -0.2) is 31.8 Å². The van der Waals surface area contributed by atoms with Crippen LogP contribution >= 0.6 is 11.6 Å². The molecule has 2 atom stereocenters. The van der Waals surface area contributed by atoms with E-state index in [-0.39, 0.29) is 12.1 Å². The van der Waals surface area contributed by atoms with Crippen LogP contribution < -0.4 is 10.2 Å². The molecule has 1 aromatic rings. The number of anilines is 1. The molecule has 1 N–H and O–H groups in total. The van der Waals surface area contributed by atoms with Crippen molar-refractivity contribution in [2.75, 3.05) is 24.6 Å². The summed E-state index contributed by atoms with van der Waals surface area (Å²) in [4.78, 5) is 13.6. The smallest absolute Gasteiger partial charge is 0.414 e. The lowest BCUT2D eigenvalue weighted by atomic mass is 9.98. The molecule has 3 rings (SSSR count). The summed E-state index contributed by atoms with van der Waals surface area (Å²) in [6.07, 6.45) is 0.833. The predicted octanol–water partition coefficient (Wildman–Crippen LogP) is 2.27. The second kappa shape index (κ2) is 4.78. The van der Waals surface area contributed by atoms with Crippen LogP contribution in [0, 0.1) is 5.92 Å². The number of hydrogen-bond acceptors (Lipinski definition) is 3. The molecule has 0 radical (unpaired) electrons. The predicted molar refractivity (Wildman–Crippen MR) is 70.0 cm³/mol. The molecule has 2 saturated heterocycles. The Hall–Kier alpha value is -1.26. The van der Waals surface area contributed by atoms with Crippen LogP contribution in [0.1, 0.15) is 6.42 Å². The maximum absolute atomic E-state index is 11.9. The Morgan fingerprint density at radius 1 is 1.33 bits per heavy atom. The minimum Gasteiger partial charge on any atom is -0.447 e. The second-order valence-electron chi connectivity index (χ2n) is 4.74. The molecule has 0 aliphatic carbocycles. The van der Waals surface area contributed by atoms with Crippen molar-refractivity contribution in [3.05, 3.63) is 29.3 Å². The normalized spacial score (nSPS) is 27.6. The molecule has 0 spiro atoms. The lowest BCUT2D eigenvalue weighted by Gasteiger charge is -2.25. The molecule has 2 fully saturated rings. The van der Waals surface area contributed by atoms with E-state index in [0.717, 1.165) is 25.2 Å². The van der Waals surface area contributed by atoms with Crippen molar-refractivity contribution in [3.8, 4) is 0 Å². The van der Waals surface area contributed by atoms with Crippen molar-refractivity contribution in [3.63, 3.8) is 0 Å². The van der Waals surface area contributed by atoms with Crippen molar-refractivity contribution >= 4 is 23.4 Å². The van der Waals surface area contributed by atoms with Gasteiger partial charge in [0.15, 0.2) is 0 Å². The van der Waals surface area contributed by atoms with E-state index in [4.69, 9.17) is 16.3 Å². The van der Waals surface area contributed by atoms with Gasteiger partial charge in [-0.3, -0.25) is 4.90 Å². The largest absolute Gasteiger partial charge is 0.447 e. The molecule has 4 nitrogen and oxygen atoms in total. The number of cyclic esters (lactones) is 1. The summed E-state index contributed by atoms with van der Waals surface area (Å²) in [5.41, 5.74) is 0.860. The van der Waals surface area contributed by atoms with Crippen molar-refractivity contribution in [1.29, 1.82) is 0 Å². The average molecular weight is 267 g/mol. The van der Waals surface area contributed by atoms with Gasteiger partial charge in [0.2, 0.25) is 0 Å². The molecule has 1 aromatic carbocycles. The molecule has 2 aliphatic rings. The summed E-state index contributed by atoms with van der Waals surface area (Å²) in [7, 11) is 0. The number of carbonyl (C=O) groups is 1. The monoisotopic (exact) mass is 266 g/mol. The summed E-state index contributed by atoms with van der Waals surface area (Å²) in [6, 6.07) is 7.46. The first-order chi connectivity index (χ1) is 8.75. The van der Waals surface area contributed by atoms with Crippen molar-refractivity contribution in [1.82, 2.24) is 5.32 Å². The van der Waals surface area contributed by atoms with Gasteiger partial charge in [-0.25, -0.2) is 4.79 Å². The van der Waals surface area contributed by atoms with Gasteiger partial charge in [0.25, 0.3) is 0 Å². The minimum absolute atomic E-state index is 0.133. The highest BCUT2D eigenvalue weighted by molar-refractivity contribution is 6.30. The van der Waals surface area contributed by atoms with Crippen molar-refractivity contribution in [2.24, 2.45) is 5.92 Å². The number of amides is 1. The van der Waals surface area contributed by atoms with Gasteiger partial charge >= 0.3 is 6.09 Å². The summed E-state index contributed by atoms with van der Waals surface area (Å²) < 4.78 is 5.20. The first-order valence-electron chi connectivity index (χ1n) is 6.18. The third kappa shape index (κ3) is 2.06. The highest BCUT2D eigenvalue weighted by Crippen LogP contribution is 2.30. The average Bonchev–Trinajstić information content (AvgIpc) is 2.99. The molecule has 2 aliphatic heterocycles. The molecule has 1 amide bonds. The van der Waals surface area contributed by atoms with Gasteiger partial charge in [0.05, 0.1) is 6.04 Å². The van der Waals surface area contributed by atoms with E-state index >= 15 is 0 Å². The Morgan fingerprint density at radius 2 is 2.11 bits per heavy atom. The maximum Gasteiger partial charge on any atom is 0.414 e.